The molecule has 2 fully saturated rings. The van der Waals surface area contributed by atoms with Gasteiger partial charge in [-0.3, -0.25) is 9.59 Å². The van der Waals surface area contributed by atoms with Crippen molar-refractivity contribution < 1.29 is 73.8 Å². The maximum atomic E-state index is 12.7. The summed E-state index contributed by atoms with van der Waals surface area (Å²) in [5.74, 6) is -0.962. The molecule has 2 aliphatic heterocycles. The number of esters is 2. The lowest BCUT2D eigenvalue weighted by Gasteiger charge is -2.42. The Balaban J connectivity index is 1.92. The summed E-state index contributed by atoms with van der Waals surface area (Å²) >= 11 is 0. The molecule has 2 heterocycles. The summed E-state index contributed by atoms with van der Waals surface area (Å²) in [6.45, 7) is 2.31. The van der Waals surface area contributed by atoms with Crippen LogP contribution in [0.4, 0.5) is 0 Å². The van der Waals surface area contributed by atoms with Crippen molar-refractivity contribution in [2.24, 2.45) is 0 Å². The number of carbonyl (C=O) groups excluding carboxylic acids is 2. The fourth-order valence-electron chi connectivity index (χ4n) is 5.57. The molecule has 15 heteroatoms. The molecule has 2 aliphatic rings. The third-order valence-corrected chi connectivity index (χ3v) is 8.72. The van der Waals surface area contributed by atoms with Crippen LogP contribution < -0.4 is 0 Å². The second-order valence-corrected chi connectivity index (χ2v) is 13.1. The van der Waals surface area contributed by atoms with E-state index in [1.54, 1.807) is 0 Å². The van der Waals surface area contributed by atoms with Gasteiger partial charge in [0, 0.05) is 12.8 Å². The summed E-state index contributed by atoms with van der Waals surface area (Å²) in [6, 6.07) is 0. The van der Waals surface area contributed by atoms with Crippen LogP contribution in [0.15, 0.2) is 12.2 Å². The molecule has 0 aromatic carbocycles. The van der Waals surface area contributed by atoms with Crippen molar-refractivity contribution >= 4 is 11.9 Å². The van der Waals surface area contributed by atoms with E-state index in [0.717, 1.165) is 64.2 Å². The van der Waals surface area contributed by atoms with Gasteiger partial charge >= 0.3 is 11.9 Å². The monoisotopic (exact) mass is 722 g/mol. The minimum Gasteiger partial charge on any atom is -0.462 e. The van der Waals surface area contributed by atoms with Crippen LogP contribution in [0.2, 0.25) is 0 Å². The van der Waals surface area contributed by atoms with E-state index < -0.39 is 92.7 Å². The topological polar surface area (TPSA) is 231 Å². The Hall–Kier alpha value is -1.76. The molecule has 11 unspecified atom stereocenters. The number of rotatable bonds is 25. The molecule has 11 atom stereocenters. The zero-order valence-corrected chi connectivity index (χ0v) is 29.6. The summed E-state index contributed by atoms with van der Waals surface area (Å²) in [5, 5.41) is 71.2. The van der Waals surface area contributed by atoms with Crippen molar-refractivity contribution in [3.63, 3.8) is 0 Å². The maximum Gasteiger partial charge on any atom is 0.306 e. The van der Waals surface area contributed by atoms with Gasteiger partial charge in [0.25, 0.3) is 0 Å². The lowest BCUT2D eigenvalue weighted by atomic mass is 9.98. The number of carbonyl (C=O) groups is 2. The van der Waals surface area contributed by atoms with Gasteiger partial charge in [0.1, 0.15) is 55.4 Å². The van der Waals surface area contributed by atoms with Gasteiger partial charge in [-0.1, -0.05) is 70.9 Å². The number of hydrogen-bond acceptors (Lipinski definition) is 15. The van der Waals surface area contributed by atoms with Gasteiger partial charge in [0.15, 0.2) is 18.7 Å². The van der Waals surface area contributed by atoms with Crippen molar-refractivity contribution in [1.29, 1.82) is 0 Å². The van der Waals surface area contributed by atoms with Crippen LogP contribution >= 0.6 is 0 Å². The fraction of sp³-hybridized carbons (Fsp3) is 0.886. The first-order chi connectivity index (χ1) is 24.0. The number of allylic oxidation sites excluding steroid dienone is 2. The molecule has 15 nitrogen and oxygen atoms in total. The standard InChI is InChI=1S/C35H62O15/c1-3-5-7-9-10-11-12-13-14-16-18-27(38)48-23(20-45-26(37)17-15-8-6-4-2)21-46-34-33(44)31(42)29(40)25(50-34)22-47-35-32(43)30(41)28(39)24(19-36)49-35/h7,9,23-25,28-36,39-44H,3-6,8,10-22H2,1-2H3/b9-7-. The smallest absolute Gasteiger partial charge is 0.306 e. The third-order valence-electron chi connectivity index (χ3n) is 8.72. The Morgan fingerprint density at radius 3 is 1.84 bits per heavy atom. The average molecular weight is 723 g/mol. The Kier molecular flexibility index (Phi) is 22.4. The van der Waals surface area contributed by atoms with E-state index in [9.17, 15) is 45.3 Å². The first kappa shape index (κ1) is 44.4. The molecule has 0 aliphatic carbocycles. The number of aliphatic hydroxyl groups is 7. The Bertz CT molecular complexity index is 949. The number of unbranched alkanes of at least 4 members (excludes halogenated alkanes) is 9. The van der Waals surface area contributed by atoms with Crippen LogP contribution in [0.3, 0.4) is 0 Å². The largest absolute Gasteiger partial charge is 0.462 e. The lowest BCUT2D eigenvalue weighted by Crippen LogP contribution is -2.61. The van der Waals surface area contributed by atoms with Gasteiger partial charge in [0.2, 0.25) is 0 Å². The van der Waals surface area contributed by atoms with Gasteiger partial charge in [-0.2, -0.15) is 0 Å². The molecule has 0 bridgehead atoms. The van der Waals surface area contributed by atoms with Gasteiger partial charge in [-0.15, -0.1) is 0 Å². The summed E-state index contributed by atoms with van der Waals surface area (Å²) in [5.41, 5.74) is 0. The molecule has 2 rings (SSSR count). The lowest BCUT2D eigenvalue weighted by molar-refractivity contribution is -0.332. The van der Waals surface area contributed by atoms with Crippen molar-refractivity contribution in [3.05, 3.63) is 12.2 Å². The van der Waals surface area contributed by atoms with E-state index in [0.29, 0.717) is 12.8 Å². The highest BCUT2D eigenvalue weighted by Crippen LogP contribution is 2.26. The van der Waals surface area contributed by atoms with E-state index >= 15 is 0 Å². The minimum absolute atomic E-state index is 0.155. The predicted octanol–water partition coefficient (Wildman–Crippen LogP) is 1.14. The molecule has 0 amide bonds. The highest BCUT2D eigenvalue weighted by atomic mass is 16.7. The summed E-state index contributed by atoms with van der Waals surface area (Å²) in [4.78, 5) is 25.0. The molecule has 2 saturated heterocycles. The minimum atomic E-state index is -1.76. The van der Waals surface area contributed by atoms with E-state index in [1.165, 1.54) is 0 Å². The number of aliphatic hydroxyl groups excluding tert-OH is 7. The van der Waals surface area contributed by atoms with Crippen LogP contribution in [-0.2, 0) is 38.0 Å². The van der Waals surface area contributed by atoms with Gasteiger partial charge in [-0.05, 0) is 32.1 Å². The molecule has 0 saturated carbocycles. The van der Waals surface area contributed by atoms with Crippen LogP contribution in [-0.4, -0.2) is 142 Å². The zero-order valence-electron chi connectivity index (χ0n) is 29.6. The molecular formula is C35H62O15. The molecule has 7 N–H and O–H groups in total. The van der Waals surface area contributed by atoms with E-state index in [4.69, 9.17) is 28.4 Å². The Morgan fingerprint density at radius 2 is 1.18 bits per heavy atom. The van der Waals surface area contributed by atoms with Crippen LogP contribution in [0.5, 0.6) is 0 Å². The van der Waals surface area contributed by atoms with Crippen LogP contribution in [0.25, 0.3) is 0 Å². The quantitative estimate of drug-likeness (QED) is 0.0398. The first-order valence-corrected chi connectivity index (χ1v) is 18.3. The molecule has 0 spiro atoms. The second kappa shape index (κ2) is 25.3. The van der Waals surface area contributed by atoms with Crippen LogP contribution in [0, 0.1) is 0 Å². The highest BCUT2D eigenvalue weighted by Gasteiger charge is 2.47. The average Bonchev–Trinajstić information content (AvgIpc) is 3.11. The van der Waals surface area contributed by atoms with Crippen molar-refractivity contribution in [1.82, 2.24) is 0 Å². The Morgan fingerprint density at radius 1 is 0.620 bits per heavy atom. The molecule has 292 valence electrons. The van der Waals surface area contributed by atoms with Crippen molar-refractivity contribution in [2.75, 3.05) is 26.4 Å². The zero-order chi connectivity index (χ0) is 36.9. The summed E-state index contributed by atoms with van der Waals surface area (Å²) in [6.07, 6.45) is -0.616. The van der Waals surface area contributed by atoms with E-state index in [2.05, 4.69) is 26.0 Å². The number of ether oxygens (including phenoxy) is 6. The normalized spacial score (nSPS) is 30.7. The molecule has 50 heavy (non-hydrogen) atoms. The first-order valence-electron chi connectivity index (χ1n) is 18.3. The highest BCUT2D eigenvalue weighted by molar-refractivity contribution is 5.70. The Labute approximate surface area is 295 Å². The SMILES string of the molecule is CCC/C=C\CCCCCCCC(=O)OC(COC(=O)CCCCCC)COC1OC(COC2OC(CO)C(O)C(O)C2O)C(O)C(O)C1O. The summed E-state index contributed by atoms with van der Waals surface area (Å²) < 4.78 is 33.0. The summed E-state index contributed by atoms with van der Waals surface area (Å²) in [7, 11) is 0. The van der Waals surface area contributed by atoms with Gasteiger partial charge in [0.05, 0.1) is 19.8 Å². The number of hydrogen-bond donors (Lipinski definition) is 7. The second-order valence-electron chi connectivity index (χ2n) is 13.1. The van der Waals surface area contributed by atoms with Crippen molar-refractivity contribution in [3.8, 4) is 0 Å². The van der Waals surface area contributed by atoms with Crippen molar-refractivity contribution in [2.45, 2.75) is 171 Å². The third kappa shape index (κ3) is 15.9. The molecule has 0 radical (unpaired) electrons. The van der Waals surface area contributed by atoms with E-state index in [-0.39, 0.29) is 26.1 Å². The predicted molar refractivity (Wildman–Crippen MR) is 178 cm³/mol. The molecule has 0 aromatic heterocycles. The maximum absolute atomic E-state index is 12.7. The fourth-order valence-corrected chi connectivity index (χ4v) is 5.57. The molecular weight excluding hydrogens is 660 g/mol. The molecule has 0 aromatic rings. The van der Waals surface area contributed by atoms with Crippen LogP contribution in [0.1, 0.15) is 104 Å². The van der Waals surface area contributed by atoms with E-state index in [1.807, 2.05) is 0 Å². The van der Waals surface area contributed by atoms with Gasteiger partial charge < -0.3 is 64.2 Å². The van der Waals surface area contributed by atoms with Gasteiger partial charge in [-0.25, -0.2) is 0 Å².